The second-order valence-electron chi connectivity index (χ2n) is 21.6. The third-order valence-corrected chi connectivity index (χ3v) is 17.8. The van der Waals surface area contributed by atoms with Crippen molar-refractivity contribution in [3.8, 4) is 11.5 Å². The molecule has 4 amide bonds. The van der Waals surface area contributed by atoms with E-state index < -0.39 is 33.0 Å². The van der Waals surface area contributed by atoms with E-state index in [9.17, 15) is 27.6 Å². The lowest BCUT2D eigenvalue weighted by Crippen LogP contribution is -2.53. The van der Waals surface area contributed by atoms with Crippen LogP contribution in [0, 0.1) is 0 Å². The molecule has 17 nitrogen and oxygen atoms in total. The fourth-order valence-corrected chi connectivity index (χ4v) is 12.7. The minimum Gasteiger partial charge on any atom is -0.493 e. The van der Waals surface area contributed by atoms with Crippen LogP contribution >= 0.6 is 0 Å². The van der Waals surface area contributed by atoms with Gasteiger partial charge in [0.2, 0.25) is 11.8 Å². The Bertz CT molecular complexity index is 3040. The zero-order chi connectivity index (χ0) is 54.6. The van der Waals surface area contributed by atoms with Crippen LogP contribution in [0.5, 0.6) is 11.5 Å². The molecule has 0 bridgehead atoms. The van der Waals surface area contributed by atoms with Crippen molar-refractivity contribution in [2.45, 2.75) is 139 Å². The molecule has 3 unspecified atom stereocenters. The summed E-state index contributed by atoms with van der Waals surface area (Å²) in [5.41, 5.74) is 17.2. The minimum atomic E-state index is -3.50. The predicted molar refractivity (Wildman–Crippen MR) is 297 cm³/mol. The number of fused-ring (bicyclic) bond motifs is 2. The minimum absolute atomic E-state index is 0.0319. The molecule has 9 rings (SSSR count). The lowest BCUT2D eigenvalue weighted by atomic mass is 9.86. The number of sulfone groups is 1. The highest BCUT2D eigenvalue weighted by molar-refractivity contribution is 7.90. The number of carbonyl (C=O) groups excluding carboxylic acids is 4. The van der Waals surface area contributed by atoms with E-state index >= 15 is 0 Å². The maximum absolute atomic E-state index is 14.7. The Morgan fingerprint density at radius 1 is 0.675 bits per heavy atom. The second kappa shape index (κ2) is 23.0. The number of nitrogens with two attached hydrogens (primary N) is 2. The second-order valence-corrected chi connectivity index (χ2v) is 23.9. The summed E-state index contributed by atoms with van der Waals surface area (Å²) in [6.45, 7) is 10.8. The number of nitrogens with zero attached hydrogens (tertiary/aromatic N) is 5. The van der Waals surface area contributed by atoms with Gasteiger partial charge in [0.1, 0.15) is 21.3 Å². The molecule has 0 spiro atoms. The lowest BCUT2D eigenvalue weighted by molar-refractivity contribution is -0.132. The smallest absolute Gasteiger partial charge is 0.251 e. The fourth-order valence-electron chi connectivity index (χ4n) is 12.1. The number of likely N-dealkylation sites (tertiary alicyclic amines) is 1. The van der Waals surface area contributed by atoms with E-state index in [1.54, 1.807) is 17.0 Å². The van der Waals surface area contributed by atoms with Crippen molar-refractivity contribution >= 4 is 45.4 Å². The van der Waals surface area contributed by atoms with Crippen LogP contribution in [0.3, 0.4) is 0 Å². The molecule has 18 heteroatoms. The molecule has 5 heterocycles. The number of ether oxygens (including phenoxy) is 2. The number of guanidine groups is 2. The zero-order valence-electron chi connectivity index (χ0n) is 45.1. The molecule has 0 radical (unpaired) electrons. The molecule has 5 aliphatic heterocycles. The summed E-state index contributed by atoms with van der Waals surface area (Å²) >= 11 is 0. The van der Waals surface area contributed by atoms with Gasteiger partial charge in [-0.3, -0.25) is 29.0 Å². The van der Waals surface area contributed by atoms with Crippen LogP contribution in [0.25, 0.3) is 0 Å². The SMILES string of the molecule is CCC1(CC)CC(=O)N(C(CCN2CCC(c3cc(C(=O)N[C@H]4CCOc5ccccc54)cc(C(CCS(C)(=O)=O)N4C(=O)CC(CC)(CC)N=C4N)c3)C2)c2cccc(C(=O)N[C@H]3CCOc4ccccc43)c2)C(N)=N1. The Morgan fingerprint density at radius 3 is 1.73 bits per heavy atom. The van der Waals surface area contributed by atoms with Crippen LogP contribution in [0.1, 0.15) is 177 Å². The number of para-hydroxylation sites is 2. The summed E-state index contributed by atoms with van der Waals surface area (Å²) in [6.07, 6.45) is 6.47. The van der Waals surface area contributed by atoms with Crippen molar-refractivity contribution in [3.63, 3.8) is 0 Å². The maximum atomic E-state index is 14.7. The number of hydrogen-bond donors (Lipinski definition) is 4. The van der Waals surface area contributed by atoms with Crippen LogP contribution in [0.2, 0.25) is 0 Å². The summed E-state index contributed by atoms with van der Waals surface area (Å²) in [7, 11) is -3.50. The first kappa shape index (κ1) is 55.0. The van der Waals surface area contributed by atoms with E-state index in [1.807, 2.05) is 107 Å². The molecule has 5 aliphatic rings. The summed E-state index contributed by atoms with van der Waals surface area (Å²) in [5.74, 6) is 0.438. The highest BCUT2D eigenvalue weighted by atomic mass is 32.2. The molecule has 1 saturated heterocycles. The molecule has 0 saturated carbocycles. The zero-order valence-corrected chi connectivity index (χ0v) is 45.9. The molecule has 410 valence electrons. The number of nitrogens with one attached hydrogen (secondary N) is 2. The van der Waals surface area contributed by atoms with Crippen molar-refractivity contribution in [3.05, 3.63) is 130 Å². The van der Waals surface area contributed by atoms with Gasteiger partial charge in [0.25, 0.3) is 11.8 Å². The van der Waals surface area contributed by atoms with E-state index in [1.165, 1.54) is 11.2 Å². The molecule has 4 aromatic carbocycles. The van der Waals surface area contributed by atoms with Gasteiger partial charge in [-0.25, -0.2) is 18.4 Å². The number of amides is 4. The fraction of sp³-hybridized carbons (Fsp3) is 0.492. The van der Waals surface area contributed by atoms with Gasteiger partial charge in [-0.2, -0.15) is 0 Å². The Morgan fingerprint density at radius 2 is 1.19 bits per heavy atom. The number of carbonyl (C=O) groups is 4. The van der Waals surface area contributed by atoms with Crippen molar-refractivity contribution in [2.24, 2.45) is 21.5 Å². The Labute approximate surface area is 453 Å². The molecular formula is C59H75N9O8S. The average molecular weight is 1070 g/mol. The third kappa shape index (κ3) is 12.0. The van der Waals surface area contributed by atoms with Crippen LogP contribution in [0.4, 0.5) is 0 Å². The highest BCUT2D eigenvalue weighted by Crippen LogP contribution is 2.40. The van der Waals surface area contributed by atoms with Gasteiger partial charge in [0.15, 0.2) is 11.9 Å². The van der Waals surface area contributed by atoms with Crippen LogP contribution in [-0.4, -0.2) is 115 Å². The van der Waals surface area contributed by atoms with Crippen molar-refractivity contribution < 1.29 is 37.1 Å². The first-order valence-corrected chi connectivity index (χ1v) is 29.6. The standard InChI is InChI=1S/C59H75N9O8S/c1-6-58(7-2)35-52(69)67(56(60)64-58)48(38-15-14-16-39(31-38)54(71)62-46-23-28-75-50-19-12-10-17-44(46)50)22-27-66-26-21-40(37-66)41-32-42(34-43(33-41)55(72)63-47-24-29-76-51-20-13-11-18-45(47)51)49(25-30-77(5,73)74)68-53(70)36-59(8-3,9-4)65-57(68)61/h10-20,31-34,40,46-49H,6-9,21-30,35-37H2,1-5H3,(H2,60,64)(H2,61,65)(H,62,71)(H,63,72)/t40?,46-,47-,48?,49?/m0/s1. The van der Waals surface area contributed by atoms with Crippen LogP contribution in [0.15, 0.2) is 101 Å². The van der Waals surface area contributed by atoms with E-state index in [4.69, 9.17) is 30.9 Å². The number of hydrogen-bond acceptors (Lipinski definition) is 13. The molecule has 1 fully saturated rings. The molecule has 6 N–H and O–H groups in total. The molecule has 4 aromatic rings. The largest absolute Gasteiger partial charge is 0.493 e. The van der Waals surface area contributed by atoms with E-state index in [0.29, 0.717) is 100 Å². The van der Waals surface area contributed by atoms with Gasteiger partial charge < -0.3 is 36.5 Å². The molecular weight excluding hydrogens is 995 g/mol. The van der Waals surface area contributed by atoms with E-state index in [-0.39, 0.29) is 78.6 Å². The van der Waals surface area contributed by atoms with Gasteiger partial charge in [-0.1, -0.05) is 82.3 Å². The van der Waals surface area contributed by atoms with Crippen molar-refractivity contribution in [2.75, 3.05) is 44.9 Å². The number of rotatable bonds is 19. The Balaban J connectivity index is 1.02. The molecule has 5 atom stereocenters. The molecule has 77 heavy (non-hydrogen) atoms. The number of benzene rings is 4. The first-order valence-electron chi connectivity index (χ1n) is 27.5. The van der Waals surface area contributed by atoms with Crippen LogP contribution in [-0.2, 0) is 19.4 Å². The van der Waals surface area contributed by atoms with Crippen molar-refractivity contribution in [1.29, 1.82) is 0 Å². The number of aliphatic imine (C=N–C) groups is 2. The van der Waals surface area contributed by atoms with Crippen molar-refractivity contribution in [1.82, 2.24) is 25.3 Å². The molecule has 0 aromatic heterocycles. The summed E-state index contributed by atoms with van der Waals surface area (Å²) in [5, 5.41) is 6.49. The van der Waals surface area contributed by atoms with Gasteiger partial charge >= 0.3 is 0 Å². The Kier molecular flexibility index (Phi) is 16.5. The van der Waals surface area contributed by atoms with Gasteiger partial charge in [-0.05, 0) is 110 Å². The van der Waals surface area contributed by atoms with E-state index in [0.717, 1.165) is 34.4 Å². The van der Waals surface area contributed by atoms with Gasteiger partial charge in [-0.15, -0.1) is 0 Å². The monoisotopic (exact) mass is 1070 g/mol. The topological polar surface area (TPSA) is 231 Å². The van der Waals surface area contributed by atoms with Gasteiger partial charge in [0, 0.05) is 54.4 Å². The molecule has 0 aliphatic carbocycles. The third-order valence-electron chi connectivity index (χ3n) is 16.9. The maximum Gasteiger partial charge on any atom is 0.251 e. The first-order chi connectivity index (χ1) is 36.9. The highest BCUT2D eigenvalue weighted by Gasteiger charge is 2.43. The predicted octanol–water partition coefficient (Wildman–Crippen LogP) is 7.80. The van der Waals surface area contributed by atoms with Gasteiger partial charge in [0.05, 0.1) is 67.1 Å². The van der Waals surface area contributed by atoms with E-state index in [2.05, 4.69) is 15.5 Å². The van der Waals surface area contributed by atoms with Crippen LogP contribution < -0.4 is 31.6 Å². The quantitative estimate of drug-likeness (QED) is 0.0708. The Hall–Kier alpha value is -6.79. The normalized spacial score (nSPS) is 21.9. The lowest BCUT2D eigenvalue weighted by Gasteiger charge is -2.40. The summed E-state index contributed by atoms with van der Waals surface area (Å²) in [6, 6.07) is 26.5. The summed E-state index contributed by atoms with van der Waals surface area (Å²) < 4.78 is 37.5. The summed E-state index contributed by atoms with van der Waals surface area (Å²) in [4.78, 5) is 72.7. The average Bonchev–Trinajstić information content (AvgIpc) is 3.92.